The number of benzene rings is 2. The monoisotopic (exact) mass is 388 g/mol. The number of hydrogen-bond donors (Lipinski definition) is 1. The predicted octanol–water partition coefficient (Wildman–Crippen LogP) is 4.35. The topological polar surface area (TPSA) is 75.2 Å². The summed E-state index contributed by atoms with van der Waals surface area (Å²) in [4.78, 5) is 35.1. The van der Waals surface area contributed by atoms with Crippen LogP contribution in [0.4, 0.5) is 11.6 Å². The minimum Gasteiger partial charge on any atom is -0.334 e. The molecular formula is C23H24N4O2. The molecule has 0 atom stereocenters. The van der Waals surface area contributed by atoms with Crippen LogP contribution in [0.2, 0.25) is 0 Å². The fourth-order valence-electron chi connectivity index (χ4n) is 2.89. The molecule has 6 heteroatoms. The van der Waals surface area contributed by atoms with Crippen molar-refractivity contribution in [3.8, 4) is 0 Å². The van der Waals surface area contributed by atoms with E-state index < -0.39 is 0 Å². The van der Waals surface area contributed by atoms with E-state index in [2.05, 4.69) is 29.1 Å². The molecule has 0 aliphatic carbocycles. The van der Waals surface area contributed by atoms with Crippen LogP contribution in [-0.2, 0) is 6.54 Å². The first-order valence-corrected chi connectivity index (χ1v) is 9.50. The highest BCUT2D eigenvalue weighted by Gasteiger charge is 2.17. The van der Waals surface area contributed by atoms with Crippen molar-refractivity contribution < 1.29 is 9.59 Å². The van der Waals surface area contributed by atoms with Gasteiger partial charge in [-0.25, -0.2) is 9.97 Å². The number of amides is 1. The number of carbonyl (C=O) groups excluding carboxylic acids is 2. The molecule has 0 spiro atoms. The Morgan fingerprint density at radius 3 is 2.48 bits per heavy atom. The second-order valence-corrected chi connectivity index (χ2v) is 7.04. The van der Waals surface area contributed by atoms with Gasteiger partial charge in [0.1, 0.15) is 5.69 Å². The lowest BCUT2D eigenvalue weighted by atomic mass is 10.1. The van der Waals surface area contributed by atoms with Gasteiger partial charge in [0.05, 0.1) is 0 Å². The third-order valence-electron chi connectivity index (χ3n) is 4.48. The van der Waals surface area contributed by atoms with Gasteiger partial charge >= 0.3 is 0 Å². The number of ketones is 1. The molecule has 1 N–H and O–H groups in total. The van der Waals surface area contributed by atoms with Crippen LogP contribution in [0.1, 0.15) is 47.2 Å². The van der Waals surface area contributed by atoms with Crippen LogP contribution in [-0.4, -0.2) is 27.7 Å². The van der Waals surface area contributed by atoms with E-state index in [1.165, 1.54) is 6.92 Å². The highest BCUT2D eigenvalue weighted by atomic mass is 16.2. The lowest BCUT2D eigenvalue weighted by molar-refractivity contribution is 0.100. The number of Topliss-reactive ketones (excluding diaryl/α,β-unsaturated/α-hetero) is 1. The number of rotatable bonds is 7. The molecule has 0 fully saturated rings. The summed E-state index contributed by atoms with van der Waals surface area (Å²) in [5.74, 6) is 0.0886. The van der Waals surface area contributed by atoms with Crippen LogP contribution in [0.25, 0.3) is 0 Å². The van der Waals surface area contributed by atoms with E-state index >= 15 is 0 Å². The van der Waals surface area contributed by atoms with Crippen molar-refractivity contribution in [1.29, 1.82) is 0 Å². The van der Waals surface area contributed by atoms with Gasteiger partial charge in [0.2, 0.25) is 5.95 Å². The Hall–Kier alpha value is -3.54. The fourth-order valence-corrected chi connectivity index (χ4v) is 2.89. The first kappa shape index (κ1) is 20.2. The van der Waals surface area contributed by atoms with E-state index in [0.717, 1.165) is 5.56 Å². The molecule has 29 heavy (non-hydrogen) atoms. The molecule has 0 radical (unpaired) electrons. The van der Waals surface area contributed by atoms with Crippen LogP contribution < -0.4 is 10.2 Å². The predicted molar refractivity (Wildman–Crippen MR) is 114 cm³/mol. The molecule has 2 aromatic carbocycles. The largest absolute Gasteiger partial charge is 0.334 e. The number of hydrogen-bond acceptors (Lipinski definition) is 5. The summed E-state index contributed by atoms with van der Waals surface area (Å²) < 4.78 is 0. The summed E-state index contributed by atoms with van der Waals surface area (Å²) in [5.41, 5.74) is 2.50. The van der Waals surface area contributed by atoms with Crippen LogP contribution >= 0.6 is 0 Å². The average molecular weight is 388 g/mol. The second-order valence-electron chi connectivity index (χ2n) is 7.04. The number of nitrogens with one attached hydrogen (secondary N) is 1. The first-order chi connectivity index (χ1) is 13.9. The van der Waals surface area contributed by atoms with Gasteiger partial charge in [-0.1, -0.05) is 42.5 Å². The summed E-state index contributed by atoms with van der Waals surface area (Å²) in [6.07, 6.45) is 1.59. The van der Waals surface area contributed by atoms with Crippen molar-refractivity contribution in [1.82, 2.24) is 9.97 Å². The zero-order chi connectivity index (χ0) is 20.8. The van der Waals surface area contributed by atoms with Gasteiger partial charge in [-0.2, -0.15) is 0 Å². The van der Waals surface area contributed by atoms with Gasteiger partial charge in [0.15, 0.2) is 5.78 Å². The second kappa shape index (κ2) is 9.10. The quantitative estimate of drug-likeness (QED) is 0.609. The molecule has 3 aromatic rings. The molecule has 0 saturated carbocycles. The lowest BCUT2D eigenvalue weighted by Crippen LogP contribution is -2.32. The molecule has 6 nitrogen and oxygen atoms in total. The number of aromatic nitrogens is 2. The molecule has 1 heterocycles. The van der Waals surface area contributed by atoms with E-state index in [0.29, 0.717) is 23.7 Å². The van der Waals surface area contributed by atoms with Crippen molar-refractivity contribution in [2.45, 2.75) is 33.4 Å². The third-order valence-corrected chi connectivity index (χ3v) is 4.48. The van der Waals surface area contributed by atoms with E-state index in [-0.39, 0.29) is 23.4 Å². The molecule has 148 valence electrons. The molecule has 0 aliphatic heterocycles. The Labute approximate surface area is 170 Å². The van der Waals surface area contributed by atoms with Crippen molar-refractivity contribution in [2.24, 2.45) is 0 Å². The molecular weight excluding hydrogens is 364 g/mol. The van der Waals surface area contributed by atoms with Crippen LogP contribution in [0, 0.1) is 0 Å². The lowest BCUT2D eigenvalue weighted by Gasteiger charge is -2.27. The number of anilines is 2. The first-order valence-electron chi connectivity index (χ1n) is 9.50. The smallest absolute Gasteiger partial charge is 0.274 e. The molecule has 0 bridgehead atoms. The van der Waals surface area contributed by atoms with Gasteiger partial charge in [0.25, 0.3) is 5.91 Å². The molecule has 1 amide bonds. The van der Waals surface area contributed by atoms with E-state index in [4.69, 9.17) is 0 Å². The summed E-state index contributed by atoms with van der Waals surface area (Å²) in [6.45, 7) is 6.26. The third kappa shape index (κ3) is 5.25. The zero-order valence-corrected chi connectivity index (χ0v) is 16.8. The summed E-state index contributed by atoms with van der Waals surface area (Å²) in [7, 11) is 0. The normalized spacial score (nSPS) is 10.6. The molecule has 1 aromatic heterocycles. The highest BCUT2D eigenvalue weighted by molar-refractivity contribution is 6.04. The van der Waals surface area contributed by atoms with Crippen molar-refractivity contribution in [2.75, 3.05) is 10.2 Å². The molecule has 3 rings (SSSR count). The highest BCUT2D eigenvalue weighted by Crippen LogP contribution is 2.17. The summed E-state index contributed by atoms with van der Waals surface area (Å²) >= 11 is 0. The van der Waals surface area contributed by atoms with Crippen LogP contribution in [0.5, 0.6) is 0 Å². The van der Waals surface area contributed by atoms with Crippen LogP contribution in [0.3, 0.4) is 0 Å². The minimum absolute atomic E-state index is 0.0566. The van der Waals surface area contributed by atoms with Crippen LogP contribution in [0.15, 0.2) is 66.9 Å². The standard InChI is InChI=1S/C23H24N4O2/c1-16(2)27(15-18-8-5-4-6-9-18)23-24-13-12-21(26-23)22(29)25-20-11-7-10-19(14-20)17(3)28/h4-14,16H,15H2,1-3H3,(H,25,29). The van der Waals surface area contributed by atoms with E-state index in [1.54, 1.807) is 36.5 Å². The Morgan fingerprint density at radius 2 is 1.79 bits per heavy atom. The fraction of sp³-hybridized carbons (Fsp3) is 0.217. The SMILES string of the molecule is CC(=O)c1cccc(NC(=O)c2ccnc(N(Cc3ccccc3)C(C)C)n2)c1. The van der Waals surface area contributed by atoms with Crippen molar-refractivity contribution >= 4 is 23.3 Å². The maximum atomic E-state index is 12.7. The van der Waals surface area contributed by atoms with Gasteiger partial charge in [0, 0.05) is 30.0 Å². The Kier molecular flexibility index (Phi) is 6.34. The van der Waals surface area contributed by atoms with Crippen molar-refractivity contribution in [3.63, 3.8) is 0 Å². The summed E-state index contributed by atoms with van der Waals surface area (Å²) in [6, 6.07) is 18.6. The molecule has 0 saturated heterocycles. The maximum absolute atomic E-state index is 12.7. The summed E-state index contributed by atoms with van der Waals surface area (Å²) in [5, 5.41) is 2.80. The maximum Gasteiger partial charge on any atom is 0.274 e. The minimum atomic E-state index is -0.349. The Bertz CT molecular complexity index is 1000. The van der Waals surface area contributed by atoms with E-state index in [1.807, 2.05) is 35.2 Å². The zero-order valence-electron chi connectivity index (χ0n) is 16.8. The Morgan fingerprint density at radius 1 is 1.03 bits per heavy atom. The van der Waals surface area contributed by atoms with Gasteiger partial charge in [-0.3, -0.25) is 9.59 Å². The van der Waals surface area contributed by atoms with Gasteiger partial charge in [-0.15, -0.1) is 0 Å². The van der Waals surface area contributed by atoms with Crippen molar-refractivity contribution in [3.05, 3.63) is 83.7 Å². The Balaban J connectivity index is 1.81. The number of nitrogens with zero attached hydrogens (tertiary/aromatic N) is 3. The van der Waals surface area contributed by atoms with E-state index in [9.17, 15) is 9.59 Å². The average Bonchev–Trinajstić information content (AvgIpc) is 2.73. The van der Waals surface area contributed by atoms with Gasteiger partial charge < -0.3 is 10.2 Å². The number of carbonyl (C=O) groups is 2. The van der Waals surface area contributed by atoms with Gasteiger partial charge in [-0.05, 0) is 44.5 Å². The molecule has 0 aliphatic rings. The molecule has 0 unspecified atom stereocenters.